The van der Waals surface area contributed by atoms with Gasteiger partial charge >= 0.3 is 0 Å². The molecule has 0 aliphatic heterocycles. The Hall–Kier alpha value is -2.47. The summed E-state index contributed by atoms with van der Waals surface area (Å²) in [6.07, 6.45) is -0.759. The van der Waals surface area contributed by atoms with Crippen LogP contribution in [0.2, 0.25) is 0 Å². The molecule has 0 bridgehead atoms. The Labute approximate surface area is 120 Å². The molecule has 2 aromatic rings. The zero-order valence-electron chi connectivity index (χ0n) is 11.3. The molecule has 0 amide bonds. The van der Waals surface area contributed by atoms with E-state index in [1.54, 1.807) is 25.1 Å². The predicted molar refractivity (Wildman–Crippen MR) is 74.5 cm³/mol. The number of aliphatic hydroxyl groups excluding tert-OH is 1. The van der Waals surface area contributed by atoms with E-state index in [1.807, 2.05) is 0 Å². The molecular weight excluding hydrogens is 277 g/mol. The first-order chi connectivity index (χ1) is 9.97. The van der Waals surface area contributed by atoms with E-state index in [1.165, 1.54) is 24.3 Å². The summed E-state index contributed by atoms with van der Waals surface area (Å²) in [7, 11) is 0. The van der Waals surface area contributed by atoms with Crippen molar-refractivity contribution in [1.82, 2.24) is 0 Å². The second kappa shape index (κ2) is 6.32. The summed E-state index contributed by atoms with van der Waals surface area (Å²) >= 11 is 0. The van der Waals surface area contributed by atoms with Crippen molar-refractivity contribution in [2.24, 2.45) is 0 Å². The number of nitrogens with zero attached hydrogens (tertiary/aromatic N) is 1. The fourth-order valence-electron chi connectivity index (χ4n) is 1.81. The standard InChI is InChI=1S/C15H14FNO4/c1-10(18)12-5-6-15(14(16)8-12)21-9-11-3-2-4-13(7-11)17(19)20/h2-8,10,18H,9H2,1H3/t10-/m1/s1. The molecular formula is C15H14FNO4. The number of non-ortho nitro benzene ring substituents is 1. The Morgan fingerprint density at radius 2 is 2.10 bits per heavy atom. The summed E-state index contributed by atoms with van der Waals surface area (Å²) in [4.78, 5) is 10.2. The molecule has 21 heavy (non-hydrogen) atoms. The van der Waals surface area contributed by atoms with Gasteiger partial charge in [-0.3, -0.25) is 10.1 Å². The lowest BCUT2D eigenvalue weighted by molar-refractivity contribution is -0.384. The molecule has 0 radical (unpaired) electrons. The van der Waals surface area contributed by atoms with Crippen LogP contribution in [0.15, 0.2) is 42.5 Å². The lowest BCUT2D eigenvalue weighted by Crippen LogP contribution is -2.00. The third-order valence-corrected chi connectivity index (χ3v) is 2.95. The molecule has 110 valence electrons. The minimum absolute atomic E-state index is 0.0205. The molecule has 0 aliphatic carbocycles. The van der Waals surface area contributed by atoms with Gasteiger partial charge in [-0.1, -0.05) is 18.2 Å². The van der Waals surface area contributed by atoms with Crippen molar-refractivity contribution in [2.75, 3.05) is 0 Å². The normalized spacial score (nSPS) is 12.0. The van der Waals surface area contributed by atoms with Gasteiger partial charge in [0.05, 0.1) is 11.0 Å². The largest absolute Gasteiger partial charge is 0.486 e. The van der Waals surface area contributed by atoms with E-state index in [2.05, 4.69) is 0 Å². The quantitative estimate of drug-likeness (QED) is 0.677. The number of aliphatic hydroxyl groups is 1. The number of nitro benzene ring substituents is 1. The zero-order chi connectivity index (χ0) is 15.4. The van der Waals surface area contributed by atoms with Crippen LogP contribution in [-0.4, -0.2) is 10.0 Å². The predicted octanol–water partition coefficient (Wildman–Crippen LogP) is 3.37. The third-order valence-electron chi connectivity index (χ3n) is 2.95. The molecule has 0 aliphatic rings. The first kappa shape index (κ1) is 14.9. The number of benzene rings is 2. The number of halogens is 1. The maximum absolute atomic E-state index is 13.8. The summed E-state index contributed by atoms with van der Waals surface area (Å²) in [6, 6.07) is 10.2. The first-order valence-corrected chi connectivity index (χ1v) is 6.31. The van der Waals surface area contributed by atoms with Crippen molar-refractivity contribution in [1.29, 1.82) is 0 Å². The molecule has 0 saturated heterocycles. The third kappa shape index (κ3) is 3.76. The average Bonchev–Trinajstić information content (AvgIpc) is 2.46. The van der Waals surface area contributed by atoms with Gasteiger partial charge in [-0.25, -0.2) is 4.39 Å². The van der Waals surface area contributed by atoms with Crippen molar-refractivity contribution >= 4 is 5.69 Å². The molecule has 2 aromatic carbocycles. The Morgan fingerprint density at radius 3 is 2.71 bits per heavy atom. The highest BCUT2D eigenvalue weighted by Gasteiger charge is 2.10. The highest BCUT2D eigenvalue weighted by molar-refractivity contribution is 5.35. The molecule has 6 heteroatoms. The van der Waals surface area contributed by atoms with Crippen LogP contribution < -0.4 is 4.74 Å². The lowest BCUT2D eigenvalue weighted by atomic mass is 10.1. The smallest absolute Gasteiger partial charge is 0.269 e. The number of nitro groups is 1. The Bertz CT molecular complexity index is 658. The van der Waals surface area contributed by atoms with Gasteiger partial charge in [0.15, 0.2) is 11.6 Å². The zero-order valence-corrected chi connectivity index (χ0v) is 11.3. The van der Waals surface area contributed by atoms with E-state index < -0.39 is 16.8 Å². The number of hydrogen-bond acceptors (Lipinski definition) is 4. The lowest BCUT2D eigenvalue weighted by Gasteiger charge is -2.10. The van der Waals surface area contributed by atoms with E-state index in [9.17, 15) is 19.6 Å². The van der Waals surface area contributed by atoms with Crippen LogP contribution in [0.25, 0.3) is 0 Å². The van der Waals surface area contributed by atoms with Gasteiger partial charge in [0.2, 0.25) is 0 Å². The highest BCUT2D eigenvalue weighted by Crippen LogP contribution is 2.23. The van der Waals surface area contributed by atoms with Crippen LogP contribution in [0.3, 0.4) is 0 Å². The Kier molecular flexibility index (Phi) is 4.49. The van der Waals surface area contributed by atoms with Gasteiger partial charge in [-0.15, -0.1) is 0 Å². The average molecular weight is 291 g/mol. The van der Waals surface area contributed by atoms with Gasteiger partial charge in [0.1, 0.15) is 6.61 Å². The maximum atomic E-state index is 13.8. The maximum Gasteiger partial charge on any atom is 0.269 e. The van der Waals surface area contributed by atoms with Crippen LogP contribution >= 0.6 is 0 Å². The molecule has 5 nitrogen and oxygen atoms in total. The van der Waals surface area contributed by atoms with Crippen LogP contribution in [0, 0.1) is 15.9 Å². The van der Waals surface area contributed by atoms with E-state index in [4.69, 9.17) is 4.74 Å². The van der Waals surface area contributed by atoms with Gasteiger partial charge in [0, 0.05) is 12.1 Å². The molecule has 0 spiro atoms. The summed E-state index contributed by atoms with van der Waals surface area (Å²) in [6.45, 7) is 1.56. The van der Waals surface area contributed by atoms with Crippen LogP contribution in [0.1, 0.15) is 24.2 Å². The summed E-state index contributed by atoms with van der Waals surface area (Å²) in [5.74, 6) is -0.551. The number of ether oxygens (including phenoxy) is 1. The van der Waals surface area contributed by atoms with E-state index in [-0.39, 0.29) is 18.0 Å². The first-order valence-electron chi connectivity index (χ1n) is 6.31. The van der Waals surface area contributed by atoms with Crippen molar-refractivity contribution < 1.29 is 19.2 Å². The van der Waals surface area contributed by atoms with Gasteiger partial charge < -0.3 is 9.84 Å². The van der Waals surface area contributed by atoms with Crippen LogP contribution in [0.5, 0.6) is 5.75 Å². The minimum atomic E-state index is -0.759. The molecule has 2 rings (SSSR count). The second-order valence-corrected chi connectivity index (χ2v) is 4.58. The van der Waals surface area contributed by atoms with Crippen molar-refractivity contribution in [3.8, 4) is 5.75 Å². The molecule has 0 heterocycles. The fraction of sp³-hybridized carbons (Fsp3) is 0.200. The number of rotatable bonds is 5. The molecule has 1 atom stereocenters. The molecule has 0 fully saturated rings. The van der Waals surface area contributed by atoms with Crippen LogP contribution in [-0.2, 0) is 6.61 Å². The van der Waals surface area contributed by atoms with E-state index in [0.717, 1.165) is 0 Å². The molecule has 0 saturated carbocycles. The van der Waals surface area contributed by atoms with Gasteiger partial charge in [-0.2, -0.15) is 0 Å². The summed E-state index contributed by atoms with van der Waals surface area (Å²) < 4.78 is 19.1. The van der Waals surface area contributed by atoms with Gasteiger partial charge in [-0.05, 0) is 30.2 Å². The minimum Gasteiger partial charge on any atom is -0.486 e. The topological polar surface area (TPSA) is 72.6 Å². The number of hydrogen-bond donors (Lipinski definition) is 1. The monoisotopic (exact) mass is 291 g/mol. The van der Waals surface area contributed by atoms with Crippen molar-refractivity contribution in [2.45, 2.75) is 19.6 Å². The van der Waals surface area contributed by atoms with Gasteiger partial charge in [0.25, 0.3) is 5.69 Å². The molecule has 0 unspecified atom stereocenters. The van der Waals surface area contributed by atoms with Crippen LogP contribution in [0.4, 0.5) is 10.1 Å². The van der Waals surface area contributed by atoms with Crippen molar-refractivity contribution in [3.05, 3.63) is 69.5 Å². The Balaban J connectivity index is 2.09. The SMILES string of the molecule is C[C@@H](O)c1ccc(OCc2cccc([N+](=O)[O-])c2)c(F)c1. The summed E-state index contributed by atoms with van der Waals surface area (Å²) in [5.41, 5.74) is 0.986. The van der Waals surface area contributed by atoms with Crippen molar-refractivity contribution in [3.63, 3.8) is 0 Å². The summed E-state index contributed by atoms with van der Waals surface area (Å²) in [5, 5.41) is 20.0. The fourth-order valence-corrected chi connectivity index (χ4v) is 1.81. The van der Waals surface area contributed by atoms with E-state index >= 15 is 0 Å². The highest BCUT2D eigenvalue weighted by atomic mass is 19.1. The Morgan fingerprint density at radius 1 is 1.33 bits per heavy atom. The van der Waals surface area contributed by atoms with E-state index in [0.29, 0.717) is 11.1 Å². The second-order valence-electron chi connectivity index (χ2n) is 4.58. The molecule has 1 N–H and O–H groups in total. The molecule has 0 aromatic heterocycles.